The van der Waals surface area contributed by atoms with Gasteiger partial charge in [0.05, 0.1) is 5.41 Å². The number of aliphatic carboxylic acids is 1. The monoisotopic (exact) mass is 241 g/mol. The van der Waals surface area contributed by atoms with E-state index in [0.717, 1.165) is 13.1 Å². The summed E-state index contributed by atoms with van der Waals surface area (Å²) in [6.07, 6.45) is 1.31. The molecule has 2 rings (SSSR count). The average molecular weight is 241 g/mol. The van der Waals surface area contributed by atoms with Crippen molar-refractivity contribution in [1.29, 1.82) is 0 Å². The van der Waals surface area contributed by atoms with Crippen LogP contribution < -0.4 is 0 Å². The summed E-state index contributed by atoms with van der Waals surface area (Å²) in [5.41, 5.74) is -0.567. The second kappa shape index (κ2) is 4.94. The number of hydrogen-bond acceptors (Lipinski definition) is 3. The van der Waals surface area contributed by atoms with Crippen molar-refractivity contribution < 1.29 is 14.6 Å². The third-order valence-electron chi connectivity index (χ3n) is 4.49. The lowest BCUT2D eigenvalue weighted by Crippen LogP contribution is -2.46. The molecule has 0 spiro atoms. The predicted octanol–water partition coefficient (Wildman–Crippen LogP) is 1.46. The van der Waals surface area contributed by atoms with E-state index in [-0.39, 0.29) is 0 Å². The van der Waals surface area contributed by atoms with Crippen LogP contribution in [0.5, 0.6) is 0 Å². The quantitative estimate of drug-likeness (QED) is 0.812. The smallest absolute Gasteiger partial charge is 0.311 e. The molecular formula is C13H23NO3. The lowest BCUT2D eigenvalue weighted by Gasteiger charge is -2.36. The Morgan fingerprint density at radius 2 is 1.82 bits per heavy atom. The molecule has 2 aliphatic rings. The summed E-state index contributed by atoms with van der Waals surface area (Å²) in [6, 6.07) is 0. The Morgan fingerprint density at radius 1 is 1.29 bits per heavy atom. The molecule has 17 heavy (non-hydrogen) atoms. The van der Waals surface area contributed by atoms with Gasteiger partial charge >= 0.3 is 5.97 Å². The van der Waals surface area contributed by atoms with Crippen LogP contribution in [0.4, 0.5) is 0 Å². The summed E-state index contributed by atoms with van der Waals surface area (Å²) in [6.45, 7) is 8.45. The van der Waals surface area contributed by atoms with Gasteiger partial charge in [0.1, 0.15) is 0 Å². The zero-order valence-corrected chi connectivity index (χ0v) is 10.8. The van der Waals surface area contributed by atoms with Crippen LogP contribution in [0.3, 0.4) is 0 Å². The Kier molecular flexibility index (Phi) is 3.73. The maximum atomic E-state index is 11.5. The van der Waals surface area contributed by atoms with E-state index >= 15 is 0 Å². The lowest BCUT2D eigenvalue weighted by atomic mass is 9.80. The molecule has 2 atom stereocenters. The van der Waals surface area contributed by atoms with Crippen molar-refractivity contribution in [2.45, 2.75) is 26.7 Å². The molecule has 0 aromatic carbocycles. The number of likely N-dealkylation sites (tertiary alicyclic amines) is 1. The van der Waals surface area contributed by atoms with E-state index in [1.54, 1.807) is 0 Å². The standard InChI is InChI=1S/C13H23NO3/c1-10-7-14(8-11(10)2)9-13(12(15)16)3-5-17-6-4-13/h10-11H,3-9H2,1-2H3,(H,15,16). The van der Waals surface area contributed by atoms with Crippen LogP contribution in [0.15, 0.2) is 0 Å². The molecule has 0 saturated carbocycles. The van der Waals surface area contributed by atoms with Gasteiger partial charge in [0.2, 0.25) is 0 Å². The SMILES string of the molecule is CC1CN(CC2(C(=O)O)CCOCC2)CC1C. The van der Waals surface area contributed by atoms with Crippen molar-refractivity contribution in [3.05, 3.63) is 0 Å². The lowest BCUT2D eigenvalue weighted by molar-refractivity contribution is -0.156. The molecular weight excluding hydrogens is 218 g/mol. The highest BCUT2D eigenvalue weighted by Gasteiger charge is 2.43. The zero-order valence-electron chi connectivity index (χ0n) is 10.8. The molecule has 2 aliphatic heterocycles. The Bertz CT molecular complexity index is 276. The molecule has 0 aliphatic carbocycles. The largest absolute Gasteiger partial charge is 0.481 e. The summed E-state index contributed by atoms with van der Waals surface area (Å²) in [4.78, 5) is 13.9. The Labute approximate surface area is 103 Å². The predicted molar refractivity (Wildman–Crippen MR) is 64.9 cm³/mol. The van der Waals surface area contributed by atoms with Crippen LogP contribution in [0.25, 0.3) is 0 Å². The first-order valence-corrected chi connectivity index (χ1v) is 6.57. The second-order valence-corrected chi connectivity index (χ2v) is 5.85. The molecule has 0 bridgehead atoms. The normalized spacial score (nSPS) is 33.8. The number of nitrogens with zero attached hydrogens (tertiary/aromatic N) is 1. The summed E-state index contributed by atoms with van der Waals surface area (Å²) in [5, 5.41) is 9.50. The van der Waals surface area contributed by atoms with Gasteiger partial charge in [-0.15, -0.1) is 0 Å². The fourth-order valence-electron chi connectivity index (χ4n) is 3.01. The van der Waals surface area contributed by atoms with E-state index in [1.165, 1.54) is 0 Å². The molecule has 0 amide bonds. The average Bonchev–Trinajstić information content (AvgIpc) is 2.59. The van der Waals surface area contributed by atoms with Crippen molar-refractivity contribution in [2.75, 3.05) is 32.8 Å². The van der Waals surface area contributed by atoms with Crippen LogP contribution in [0, 0.1) is 17.3 Å². The van der Waals surface area contributed by atoms with Crippen molar-refractivity contribution in [3.8, 4) is 0 Å². The second-order valence-electron chi connectivity index (χ2n) is 5.85. The van der Waals surface area contributed by atoms with Gasteiger partial charge in [0.25, 0.3) is 0 Å². The maximum absolute atomic E-state index is 11.5. The van der Waals surface area contributed by atoms with Gasteiger partial charge in [-0.2, -0.15) is 0 Å². The molecule has 1 N–H and O–H groups in total. The first kappa shape index (κ1) is 12.8. The van der Waals surface area contributed by atoms with E-state index in [4.69, 9.17) is 4.74 Å². The zero-order chi connectivity index (χ0) is 12.5. The van der Waals surface area contributed by atoms with Crippen LogP contribution in [0.2, 0.25) is 0 Å². The molecule has 2 saturated heterocycles. The van der Waals surface area contributed by atoms with Gasteiger partial charge < -0.3 is 14.7 Å². The van der Waals surface area contributed by atoms with E-state index < -0.39 is 11.4 Å². The molecule has 0 aromatic rings. The number of rotatable bonds is 3. The van der Waals surface area contributed by atoms with Crippen molar-refractivity contribution >= 4 is 5.97 Å². The number of ether oxygens (including phenoxy) is 1. The molecule has 2 unspecified atom stereocenters. The highest BCUT2D eigenvalue weighted by molar-refractivity contribution is 5.75. The van der Waals surface area contributed by atoms with Gasteiger partial charge in [0.15, 0.2) is 0 Å². The van der Waals surface area contributed by atoms with Crippen LogP contribution >= 0.6 is 0 Å². The Hall–Kier alpha value is -0.610. The minimum Gasteiger partial charge on any atom is -0.481 e. The summed E-state index contributed by atoms with van der Waals surface area (Å²) in [5.74, 6) is 0.717. The van der Waals surface area contributed by atoms with E-state index in [2.05, 4.69) is 18.7 Å². The van der Waals surface area contributed by atoms with Crippen LogP contribution in [-0.4, -0.2) is 48.8 Å². The molecule has 4 heteroatoms. The Balaban J connectivity index is 2.01. The fourth-order valence-corrected chi connectivity index (χ4v) is 3.01. The highest BCUT2D eigenvalue weighted by atomic mass is 16.5. The minimum absolute atomic E-state index is 0.567. The number of hydrogen-bond donors (Lipinski definition) is 1. The first-order chi connectivity index (χ1) is 8.03. The summed E-state index contributed by atoms with van der Waals surface area (Å²) >= 11 is 0. The summed E-state index contributed by atoms with van der Waals surface area (Å²) in [7, 11) is 0. The van der Waals surface area contributed by atoms with E-state index in [9.17, 15) is 9.90 Å². The van der Waals surface area contributed by atoms with Crippen molar-refractivity contribution in [1.82, 2.24) is 4.90 Å². The maximum Gasteiger partial charge on any atom is 0.311 e. The number of carboxylic acids is 1. The van der Waals surface area contributed by atoms with Gasteiger partial charge in [-0.05, 0) is 24.7 Å². The number of carboxylic acid groups (broad SMARTS) is 1. The molecule has 0 radical (unpaired) electrons. The van der Waals surface area contributed by atoms with Gasteiger partial charge in [-0.1, -0.05) is 13.8 Å². The molecule has 98 valence electrons. The van der Waals surface area contributed by atoms with Crippen LogP contribution in [0.1, 0.15) is 26.7 Å². The molecule has 4 nitrogen and oxygen atoms in total. The first-order valence-electron chi connectivity index (χ1n) is 6.57. The Morgan fingerprint density at radius 3 is 2.29 bits per heavy atom. The highest BCUT2D eigenvalue weighted by Crippen LogP contribution is 2.34. The van der Waals surface area contributed by atoms with Crippen molar-refractivity contribution in [2.24, 2.45) is 17.3 Å². The van der Waals surface area contributed by atoms with Gasteiger partial charge in [-0.3, -0.25) is 4.79 Å². The molecule has 0 aromatic heterocycles. The molecule has 2 heterocycles. The third-order valence-corrected chi connectivity index (χ3v) is 4.49. The van der Waals surface area contributed by atoms with Gasteiger partial charge in [0, 0.05) is 32.8 Å². The fraction of sp³-hybridized carbons (Fsp3) is 0.923. The topological polar surface area (TPSA) is 49.8 Å². The molecule has 2 fully saturated rings. The van der Waals surface area contributed by atoms with E-state index in [0.29, 0.717) is 44.4 Å². The number of carbonyl (C=O) groups is 1. The van der Waals surface area contributed by atoms with Crippen molar-refractivity contribution in [3.63, 3.8) is 0 Å². The minimum atomic E-state index is -0.645. The summed E-state index contributed by atoms with van der Waals surface area (Å²) < 4.78 is 5.30. The van der Waals surface area contributed by atoms with Gasteiger partial charge in [-0.25, -0.2) is 0 Å². The van der Waals surface area contributed by atoms with Crippen LogP contribution in [-0.2, 0) is 9.53 Å². The third kappa shape index (κ3) is 2.63. The van der Waals surface area contributed by atoms with E-state index in [1.807, 2.05) is 0 Å².